The molecule has 0 atom stereocenters. The minimum absolute atomic E-state index is 0.00253. The third-order valence-corrected chi connectivity index (χ3v) is 3.11. The predicted octanol–water partition coefficient (Wildman–Crippen LogP) is 2.46. The van der Waals surface area contributed by atoms with E-state index in [-0.39, 0.29) is 11.8 Å². The van der Waals surface area contributed by atoms with Crippen molar-refractivity contribution in [2.24, 2.45) is 0 Å². The van der Waals surface area contributed by atoms with Crippen LogP contribution in [0.5, 0.6) is 0 Å². The highest BCUT2D eigenvalue weighted by atomic mass is 35.5. The summed E-state index contributed by atoms with van der Waals surface area (Å²) in [5.41, 5.74) is 2.41. The number of benzene rings is 1. The van der Waals surface area contributed by atoms with Crippen molar-refractivity contribution in [2.45, 2.75) is 13.0 Å². The van der Waals surface area contributed by atoms with Crippen molar-refractivity contribution < 1.29 is 4.79 Å². The van der Waals surface area contributed by atoms with Crippen molar-refractivity contribution in [3.63, 3.8) is 0 Å². The Kier molecular flexibility index (Phi) is 3.17. The largest absolute Gasteiger partial charge is 0.337 e. The molecule has 0 fully saturated rings. The zero-order valence-corrected chi connectivity index (χ0v) is 9.68. The third-order valence-electron chi connectivity index (χ3n) is 2.65. The van der Waals surface area contributed by atoms with Gasteiger partial charge in [0.15, 0.2) is 0 Å². The van der Waals surface area contributed by atoms with Gasteiger partial charge in [-0.3, -0.25) is 4.79 Å². The van der Waals surface area contributed by atoms with Crippen LogP contribution >= 0.6 is 23.2 Å². The Morgan fingerprint density at radius 3 is 2.93 bits per heavy atom. The second kappa shape index (κ2) is 4.42. The van der Waals surface area contributed by atoms with Gasteiger partial charge in [-0.15, -0.1) is 11.6 Å². The molecular weight excluding hydrogens is 233 g/mol. The molecule has 15 heavy (non-hydrogen) atoms. The standard InChI is InChI=1S/C11H11Cl2NO/c12-6-11(15)14-4-3-8-5-10(13)2-1-9(8)7-14/h1-2,5H,3-4,6-7H2. The maximum absolute atomic E-state index is 11.4. The first kappa shape index (κ1) is 10.8. The van der Waals surface area contributed by atoms with E-state index in [2.05, 4.69) is 0 Å². The van der Waals surface area contributed by atoms with E-state index in [1.807, 2.05) is 18.2 Å². The summed E-state index contributed by atoms with van der Waals surface area (Å²) < 4.78 is 0. The second-order valence-electron chi connectivity index (χ2n) is 3.61. The summed E-state index contributed by atoms with van der Waals surface area (Å²) >= 11 is 11.4. The Bertz CT molecular complexity index is 392. The Labute approximate surface area is 98.8 Å². The number of carbonyl (C=O) groups excluding carboxylic acids is 1. The highest BCUT2D eigenvalue weighted by Gasteiger charge is 2.19. The number of rotatable bonds is 1. The number of alkyl halides is 1. The SMILES string of the molecule is O=C(CCl)N1CCc2cc(Cl)ccc2C1. The van der Waals surface area contributed by atoms with Crippen molar-refractivity contribution in [3.05, 3.63) is 34.3 Å². The summed E-state index contributed by atoms with van der Waals surface area (Å²) in [6.45, 7) is 1.39. The Morgan fingerprint density at radius 2 is 2.20 bits per heavy atom. The highest BCUT2D eigenvalue weighted by molar-refractivity contribution is 6.30. The molecule has 0 radical (unpaired) electrons. The molecule has 0 unspecified atom stereocenters. The molecule has 1 aliphatic rings. The topological polar surface area (TPSA) is 20.3 Å². The van der Waals surface area contributed by atoms with Gasteiger partial charge in [-0.1, -0.05) is 17.7 Å². The van der Waals surface area contributed by atoms with Crippen LogP contribution in [-0.2, 0) is 17.8 Å². The van der Waals surface area contributed by atoms with Crippen LogP contribution in [0.3, 0.4) is 0 Å². The van der Waals surface area contributed by atoms with Crippen molar-refractivity contribution in [1.29, 1.82) is 0 Å². The van der Waals surface area contributed by atoms with Crippen LogP contribution in [0.25, 0.3) is 0 Å². The lowest BCUT2D eigenvalue weighted by Crippen LogP contribution is -2.36. The number of amides is 1. The summed E-state index contributed by atoms with van der Waals surface area (Å²) in [7, 11) is 0. The van der Waals surface area contributed by atoms with Gasteiger partial charge >= 0.3 is 0 Å². The van der Waals surface area contributed by atoms with Crippen molar-refractivity contribution >= 4 is 29.1 Å². The summed E-state index contributed by atoms with van der Waals surface area (Å²) in [4.78, 5) is 13.2. The summed E-state index contributed by atoms with van der Waals surface area (Å²) in [5, 5.41) is 0.755. The van der Waals surface area contributed by atoms with Gasteiger partial charge in [-0.2, -0.15) is 0 Å². The summed E-state index contributed by atoms with van der Waals surface area (Å²) in [5.74, 6) is 0.0559. The summed E-state index contributed by atoms with van der Waals surface area (Å²) in [6.07, 6.45) is 0.860. The maximum Gasteiger partial charge on any atom is 0.237 e. The fourth-order valence-corrected chi connectivity index (χ4v) is 2.18. The molecule has 1 aromatic carbocycles. The van der Waals surface area contributed by atoms with E-state index in [0.717, 1.165) is 18.0 Å². The van der Waals surface area contributed by atoms with Gasteiger partial charge in [0.2, 0.25) is 5.91 Å². The minimum Gasteiger partial charge on any atom is -0.337 e. The molecule has 80 valence electrons. The zero-order valence-electron chi connectivity index (χ0n) is 8.17. The van der Waals surface area contributed by atoms with Crippen LogP contribution in [0.15, 0.2) is 18.2 Å². The van der Waals surface area contributed by atoms with Crippen LogP contribution in [0.4, 0.5) is 0 Å². The maximum atomic E-state index is 11.4. The van der Waals surface area contributed by atoms with Crippen molar-refractivity contribution in [2.75, 3.05) is 12.4 Å². The fraction of sp³-hybridized carbons (Fsp3) is 0.364. The Morgan fingerprint density at radius 1 is 1.40 bits per heavy atom. The van der Waals surface area contributed by atoms with E-state index in [1.54, 1.807) is 4.90 Å². The molecule has 0 saturated heterocycles. The molecule has 2 rings (SSSR count). The van der Waals surface area contributed by atoms with E-state index < -0.39 is 0 Å². The lowest BCUT2D eigenvalue weighted by Gasteiger charge is -2.28. The van der Waals surface area contributed by atoms with E-state index in [0.29, 0.717) is 6.54 Å². The Balaban J connectivity index is 2.20. The normalized spacial score (nSPS) is 14.9. The number of hydrogen-bond acceptors (Lipinski definition) is 1. The highest BCUT2D eigenvalue weighted by Crippen LogP contribution is 2.22. The number of halogens is 2. The molecule has 0 aromatic heterocycles. The van der Waals surface area contributed by atoms with E-state index in [1.165, 1.54) is 11.1 Å². The Hall–Kier alpha value is -0.730. The molecule has 1 amide bonds. The molecule has 0 spiro atoms. The molecule has 0 saturated carbocycles. The molecule has 1 aliphatic heterocycles. The van der Waals surface area contributed by atoms with Gasteiger partial charge in [0.05, 0.1) is 0 Å². The van der Waals surface area contributed by atoms with Crippen LogP contribution in [0.1, 0.15) is 11.1 Å². The van der Waals surface area contributed by atoms with Gasteiger partial charge in [0.25, 0.3) is 0 Å². The van der Waals surface area contributed by atoms with Crippen LogP contribution in [0, 0.1) is 0 Å². The minimum atomic E-state index is -0.00253. The van der Waals surface area contributed by atoms with Gasteiger partial charge in [-0.25, -0.2) is 0 Å². The van der Waals surface area contributed by atoms with Crippen LogP contribution < -0.4 is 0 Å². The third kappa shape index (κ3) is 2.27. The van der Waals surface area contributed by atoms with Gasteiger partial charge in [0.1, 0.15) is 5.88 Å². The molecule has 1 heterocycles. The fourth-order valence-electron chi connectivity index (χ4n) is 1.82. The zero-order chi connectivity index (χ0) is 10.8. The molecule has 4 heteroatoms. The first-order valence-electron chi connectivity index (χ1n) is 4.82. The molecular formula is C11H11Cl2NO. The average molecular weight is 244 g/mol. The number of carbonyl (C=O) groups is 1. The lowest BCUT2D eigenvalue weighted by atomic mass is 10.00. The molecule has 0 N–H and O–H groups in total. The molecule has 0 aliphatic carbocycles. The number of hydrogen-bond donors (Lipinski definition) is 0. The van der Waals surface area contributed by atoms with E-state index in [9.17, 15) is 4.79 Å². The first-order valence-corrected chi connectivity index (χ1v) is 5.73. The summed E-state index contributed by atoms with van der Waals surface area (Å²) in [6, 6.07) is 5.81. The molecule has 0 bridgehead atoms. The number of fused-ring (bicyclic) bond motifs is 1. The smallest absolute Gasteiger partial charge is 0.237 e. The number of nitrogens with zero attached hydrogens (tertiary/aromatic N) is 1. The quantitative estimate of drug-likeness (QED) is 0.695. The first-order chi connectivity index (χ1) is 7.20. The van der Waals surface area contributed by atoms with Crippen molar-refractivity contribution in [1.82, 2.24) is 4.90 Å². The lowest BCUT2D eigenvalue weighted by molar-refractivity contribution is -0.129. The molecule has 2 nitrogen and oxygen atoms in total. The average Bonchev–Trinajstić information content (AvgIpc) is 2.27. The van der Waals surface area contributed by atoms with Gasteiger partial charge in [0, 0.05) is 18.1 Å². The molecule has 1 aromatic rings. The monoisotopic (exact) mass is 243 g/mol. The van der Waals surface area contributed by atoms with Crippen LogP contribution in [-0.4, -0.2) is 23.2 Å². The van der Waals surface area contributed by atoms with Gasteiger partial charge in [-0.05, 0) is 29.7 Å². The van der Waals surface area contributed by atoms with E-state index in [4.69, 9.17) is 23.2 Å². The van der Waals surface area contributed by atoms with Crippen LogP contribution in [0.2, 0.25) is 5.02 Å². The predicted molar refractivity (Wildman–Crippen MR) is 61.3 cm³/mol. The van der Waals surface area contributed by atoms with Crippen molar-refractivity contribution in [3.8, 4) is 0 Å². The van der Waals surface area contributed by atoms with Gasteiger partial charge < -0.3 is 4.90 Å². The van der Waals surface area contributed by atoms with E-state index >= 15 is 0 Å². The second-order valence-corrected chi connectivity index (χ2v) is 4.32.